The fourth-order valence-electron chi connectivity index (χ4n) is 3.20. The van der Waals surface area contributed by atoms with E-state index in [4.69, 9.17) is 0 Å². The summed E-state index contributed by atoms with van der Waals surface area (Å²) in [7, 11) is 3.88. The zero-order valence-corrected chi connectivity index (χ0v) is 17.7. The van der Waals surface area contributed by atoms with Gasteiger partial charge in [0, 0.05) is 30.9 Å². The van der Waals surface area contributed by atoms with Crippen molar-refractivity contribution in [1.82, 2.24) is 15.0 Å². The Kier molecular flexibility index (Phi) is 5.86. The lowest BCUT2D eigenvalue weighted by Crippen LogP contribution is -2.12. The summed E-state index contributed by atoms with van der Waals surface area (Å²) in [5.41, 5.74) is 4.34. The van der Waals surface area contributed by atoms with Crippen molar-refractivity contribution in [2.45, 2.75) is 0 Å². The number of aliphatic imine (C=N–C) groups is 1. The van der Waals surface area contributed by atoms with Crippen molar-refractivity contribution in [2.75, 3.05) is 19.0 Å². The van der Waals surface area contributed by atoms with Gasteiger partial charge in [0.05, 0.1) is 23.3 Å². The summed E-state index contributed by atoms with van der Waals surface area (Å²) in [6.07, 6.45) is 1.69. The number of ketones is 1. The number of nitriles is 1. The molecule has 0 aliphatic heterocycles. The van der Waals surface area contributed by atoms with E-state index in [2.05, 4.69) is 15.3 Å². The van der Waals surface area contributed by atoms with Crippen LogP contribution in [0.3, 0.4) is 0 Å². The van der Waals surface area contributed by atoms with Crippen LogP contribution in [0.25, 0.3) is 16.9 Å². The lowest BCUT2D eigenvalue weighted by molar-refractivity contribution is 0.106. The van der Waals surface area contributed by atoms with Crippen molar-refractivity contribution in [1.29, 1.82) is 5.26 Å². The Morgan fingerprint density at radius 3 is 2.28 bits per heavy atom. The van der Waals surface area contributed by atoms with E-state index in [-0.39, 0.29) is 5.71 Å². The van der Waals surface area contributed by atoms with E-state index in [0.29, 0.717) is 11.3 Å². The van der Waals surface area contributed by atoms with Crippen molar-refractivity contribution in [3.05, 3.63) is 90.6 Å². The fourth-order valence-corrected chi connectivity index (χ4v) is 3.20. The Hall–Kier alpha value is -4.57. The second kappa shape index (κ2) is 9.06. The van der Waals surface area contributed by atoms with Gasteiger partial charge >= 0.3 is 0 Å². The Morgan fingerprint density at radius 2 is 1.66 bits per heavy atom. The van der Waals surface area contributed by atoms with Crippen LogP contribution in [0.5, 0.6) is 0 Å². The molecule has 0 aliphatic carbocycles. The minimum atomic E-state index is -0.433. The van der Waals surface area contributed by atoms with Crippen molar-refractivity contribution < 1.29 is 4.79 Å². The van der Waals surface area contributed by atoms with Gasteiger partial charge in [-0.25, -0.2) is 9.67 Å². The van der Waals surface area contributed by atoms with Crippen molar-refractivity contribution in [3.63, 3.8) is 0 Å². The van der Waals surface area contributed by atoms with Crippen LogP contribution in [0.2, 0.25) is 0 Å². The zero-order chi connectivity index (χ0) is 22.5. The predicted molar refractivity (Wildman–Crippen MR) is 125 cm³/mol. The molecule has 0 saturated carbocycles. The summed E-state index contributed by atoms with van der Waals surface area (Å²) in [4.78, 5) is 19.0. The molecule has 0 atom stereocenters. The van der Waals surface area contributed by atoms with Crippen LogP contribution in [-0.4, -0.2) is 40.6 Å². The number of nitrogens with zero attached hydrogens (tertiary/aromatic N) is 6. The molecule has 7 nitrogen and oxygen atoms in total. The number of Topliss-reactive ketones (excluding diaryl/α,β-unsaturated/α-hetero) is 1. The average Bonchev–Trinajstić information content (AvgIpc) is 3.33. The Labute approximate surface area is 185 Å². The lowest BCUT2D eigenvalue weighted by Gasteiger charge is -2.11. The van der Waals surface area contributed by atoms with E-state index in [9.17, 15) is 10.1 Å². The largest absolute Gasteiger partial charge is 0.378 e. The first-order valence-corrected chi connectivity index (χ1v) is 9.94. The van der Waals surface area contributed by atoms with Crippen LogP contribution in [0, 0.1) is 11.3 Å². The van der Waals surface area contributed by atoms with Crippen LogP contribution in [-0.2, 0) is 0 Å². The summed E-state index contributed by atoms with van der Waals surface area (Å²) >= 11 is 0. The third-order valence-electron chi connectivity index (χ3n) is 4.92. The molecule has 32 heavy (non-hydrogen) atoms. The maximum Gasteiger partial charge on any atom is 0.222 e. The minimum absolute atomic E-state index is 0.166. The van der Waals surface area contributed by atoms with E-state index in [1.807, 2.05) is 67.5 Å². The van der Waals surface area contributed by atoms with Crippen molar-refractivity contribution >= 4 is 22.9 Å². The van der Waals surface area contributed by atoms with Crippen LogP contribution < -0.4 is 4.90 Å². The summed E-state index contributed by atoms with van der Waals surface area (Å²) in [6, 6.07) is 25.9. The average molecular weight is 420 g/mol. The highest BCUT2D eigenvalue weighted by Gasteiger charge is 2.15. The van der Waals surface area contributed by atoms with E-state index in [1.165, 1.54) is 0 Å². The number of benzene rings is 3. The molecule has 0 aliphatic rings. The number of rotatable bonds is 6. The number of anilines is 1. The van der Waals surface area contributed by atoms with Gasteiger partial charge in [0.1, 0.15) is 6.07 Å². The first-order chi connectivity index (χ1) is 15.6. The molecule has 7 heteroatoms. The summed E-state index contributed by atoms with van der Waals surface area (Å²) in [5, 5.41) is 17.7. The highest BCUT2D eigenvalue weighted by atomic mass is 16.1. The molecule has 0 amide bonds. The van der Waals surface area contributed by atoms with Gasteiger partial charge in [-0.05, 0) is 48.5 Å². The molecule has 0 fully saturated rings. The van der Waals surface area contributed by atoms with Crippen molar-refractivity contribution in [3.8, 4) is 23.0 Å². The SMILES string of the molecule is CN(C)c1ccc(N=C(C#N)C(=O)c2ccc(-n3nncc3-c3ccccc3)cc2)cc1. The first-order valence-electron chi connectivity index (χ1n) is 9.94. The molecule has 1 aromatic heterocycles. The van der Waals surface area contributed by atoms with Gasteiger partial charge in [0.25, 0.3) is 0 Å². The normalized spacial score (nSPS) is 11.1. The third-order valence-corrected chi connectivity index (χ3v) is 4.92. The van der Waals surface area contributed by atoms with E-state index >= 15 is 0 Å². The quantitative estimate of drug-likeness (QED) is 0.339. The van der Waals surface area contributed by atoms with Crippen LogP contribution in [0.4, 0.5) is 11.4 Å². The first kappa shape index (κ1) is 20.7. The Morgan fingerprint density at radius 1 is 0.969 bits per heavy atom. The summed E-state index contributed by atoms with van der Waals surface area (Å²) in [6.45, 7) is 0. The second-order valence-electron chi connectivity index (χ2n) is 7.26. The van der Waals surface area contributed by atoms with E-state index in [1.54, 1.807) is 47.3 Å². The highest BCUT2D eigenvalue weighted by Crippen LogP contribution is 2.22. The molecule has 0 bridgehead atoms. The van der Waals surface area contributed by atoms with Gasteiger partial charge in [-0.1, -0.05) is 35.5 Å². The molecule has 4 aromatic rings. The topological polar surface area (TPSA) is 87.2 Å². The maximum atomic E-state index is 12.8. The molecular formula is C25H20N6O. The zero-order valence-electron chi connectivity index (χ0n) is 17.7. The van der Waals surface area contributed by atoms with Crippen LogP contribution >= 0.6 is 0 Å². The maximum absolute atomic E-state index is 12.8. The molecule has 0 radical (unpaired) electrons. The van der Waals surface area contributed by atoms with Crippen LogP contribution in [0.15, 0.2) is 90.1 Å². The number of carbonyl (C=O) groups is 1. The van der Waals surface area contributed by atoms with Crippen molar-refractivity contribution in [2.24, 2.45) is 4.99 Å². The molecule has 0 N–H and O–H groups in total. The molecule has 156 valence electrons. The molecule has 1 heterocycles. The smallest absolute Gasteiger partial charge is 0.222 e. The minimum Gasteiger partial charge on any atom is -0.378 e. The van der Waals surface area contributed by atoms with Gasteiger partial charge in [-0.15, -0.1) is 5.10 Å². The van der Waals surface area contributed by atoms with E-state index < -0.39 is 5.78 Å². The summed E-state index contributed by atoms with van der Waals surface area (Å²) in [5.74, 6) is -0.433. The highest BCUT2D eigenvalue weighted by molar-refractivity contribution is 6.51. The lowest BCUT2D eigenvalue weighted by atomic mass is 10.1. The van der Waals surface area contributed by atoms with E-state index in [0.717, 1.165) is 22.6 Å². The van der Waals surface area contributed by atoms with Gasteiger partial charge in [0.2, 0.25) is 5.78 Å². The fraction of sp³-hybridized carbons (Fsp3) is 0.0800. The molecule has 0 spiro atoms. The second-order valence-corrected chi connectivity index (χ2v) is 7.26. The van der Waals surface area contributed by atoms with Gasteiger partial charge in [-0.3, -0.25) is 4.79 Å². The number of carbonyl (C=O) groups excluding carboxylic acids is 1. The van der Waals surface area contributed by atoms with Gasteiger partial charge < -0.3 is 4.90 Å². The van der Waals surface area contributed by atoms with Gasteiger partial charge in [-0.2, -0.15) is 5.26 Å². The molecule has 0 saturated heterocycles. The number of aromatic nitrogens is 3. The third kappa shape index (κ3) is 4.30. The Balaban J connectivity index is 1.58. The molecule has 4 rings (SSSR count). The predicted octanol–water partition coefficient (Wildman–Crippen LogP) is 4.48. The standard InChI is InChI=1S/C25H20N6O/c1-30(2)21-14-10-20(11-15-21)28-23(16-26)25(32)19-8-12-22(13-9-19)31-24(17-27-29-31)18-6-4-3-5-7-18/h3-15,17H,1-2H3. The molecule has 0 unspecified atom stereocenters. The Bertz CT molecular complexity index is 1300. The molecule has 3 aromatic carbocycles. The number of hydrogen-bond donors (Lipinski definition) is 0. The number of hydrogen-bond acceptors (Lipinski definition) is 6. The van der Waals surface area contributed by atoms with Gasteiger partial charge in [0.15, 0.2) is 5.71 Å². The summed E-state index contributed by atoms with van der Waals surface area (Å²) < 4.78 is 1.70. The van der Waals surface area contributed by atoms with Crippen LogP contribution in [0.1, 0.15) is 10.4 Å². The monoisotopic (exact) mass is 420 g/mol. The molecular weight excluding hydrogens is 400 g/mol.